The summed E-state index contributed by atoms with van der Waals surface area (Å²) >= 11 is 0. The van der Waals surface area contributed by atoms with E-state index in [2.05, 4.69) is 13.8 Å². The molecule has 2 atom stereocenters. The smallest absolute Gasteiger partial charge is 0.343 e. The molecule has 1 saturated carbocycles. The SMILES string of the molecule is CCCCCCc1ccc(OC(=O)c2ccc(OCCCC3CCCCC3CCCCC)cc2)c(F)c1. The van der Waals surface area contributed by atoms with E-state index in [4.69, 9.17) is 9.47 Å². The Hall–Kier alpha value is -2.36. The third kappa shape index (κ3) is 10.1. The van der Waals surface area contributed by atoms with Crippen LogP contribution in [-0.4, -0.2) is 12.6 Å². The minimum atomic E-state index is -0.562. The molecule has 3 rings (SSSR count). The maximum atomic E-state index is 14.5. The van der Waals surface area contributed by atoms with Crippen LogP contribution >= 0.6 is 0 Å². The van der Waals surface area contributed by atoms with Crippen molar-refractivity contribution in [3.05, 3.63) is 59.4 Å². The summed E-state index contributed by atoms with van der Waals surface area (Å²) in [7, 11) is 0. The third-order valence-electron chi connectivity index (χ3n) is 7.84. The number of ether oxygens (including phenoxy) is 2. The van der Waals surface area contributed by atoms with Gasteiger partial charge in [-0.1, -0.05) is 90.5 Å². The fourth-order valence-electron chi connectivity index (χ4n) is 5.62. The molecule has 0 N–H and O–H groups in total. The molecule has 2 unspecified atom stereocenters. The summed E-state index contributed by atoms with van der Waals surface area (Å²) < 4.78 is 25.8. The molecule has 37 heavy (non-hydrogen) atoms. The second kappa shape index (κ2) is 16.5. The summed E-state index contributed by atoms with van der Waals surface area (Å²) in [4.78, 5) is 12.5. The Morgan fingerprint density at radius 2 is 1.51 bits per heavy atom. The molecule has 0 saturated heterocycles. The van der Waals surface area contributed by atoms with Gasteiger partial charge in [0.2, 0.25) is 0 Å². The lowest BCUT2D eigenvalue weighted by Gasteiger charge is -2.31. The van der Waals surface area contributed by atoms with Crippen LogP contribution in [0.5, 0.6) is 11.5 Å². The summed E-state index contributed by atoms with van der Waals surface area (Å²) in [6.07, 6.45) is 18.7. The molecule has 0 radical (unpaired) electrons. The van der Waals surface area contributed by atoms with Crippen LogP contribution in [0, 0.1) is 17.7 Å². The highest BCUT2D eigenvalue weighted by Gasteiger charge is 2.24. The van der Waals surface area contributed by atoms with Crippen molar-refractivity contribution in [2.24, 2.45) is 11.8 Å². The number of hydrogen-bond donors (Lipinski definition) is 0. The van der Waals surface area contributed by atoms with Gasteiger partial charge in [-0.2, -0.15) is 0 Å². The number of hydrogen-bond acceptors (Lipinski definition) is 3. The lowest BCUT2D eigenvalue weighted by Crippen LogP contribution is -2.20. The Labute approximate surface area is 224 Å². The van der Waals surface area contributed by atoms with E-state index in [-0.39, 0.29) is 5.75 Å². The first-order valence-corrected chi connectivity index (χ1v) is 14.8. The minimum absolute atomic E-state index is 0.0293. The summed E-state index contributed by atoms with van der Waals surface area (Å²) in [5.41, 5.74) is 1.32. The number of benzene rings is 2. The Balaban J connectivity index is 1.40. The standard InChI is InChI=1S/C33H47FO3/c1-3-5-7-9-13-26-18-23-32(31(34)25-26)37-33(35)29-19-21-30(22-20-29)36-24-12-17-28-16-11-10-15-27(28)14-8-6-4-2/h18-23,25,27-28H,3-17,24H2,1-2H3. The zero-order chi connectivity index (χ0) is 26.3. The van der Waals surface area contributed by atoms with Gasteiger partial charge in [0.05, 0.1) is 12.2 Å². The molecule has 1 aliphatic rings. The third-order valence-corrected chi connectivity index (χ3v) is 7.84. The first-order valence-electron chi connectivity index (χ1n) is 14.8. The Kier molecular flexibility index (Phi) is 13.0. The molecular formula is C33H47FO3. The van der Waals surface area contributed by atoms with Crippen LogP contribution in [-0.2, 0) is 6.42 Å². The number of carbonyl (C=O) groups is 1. The average Bonchev–Trinajstić information content (AvgIpc) is 2.92. The second-order valence-corrected chi connectivity index (χ2v) is 10.8. The Bertz CT molecular complexity index is 924. The summed E-state index contributed by atoms with van der Waals surface area (Å²) in [5, 5.41) is 0. The van der Waals surface area contributed by atoms with Crippen molar-refractivity contribution in [2.45, 2.75) is 110 Å². The van der Waals surface area contributed by atoms with E-state index in [1.165, 1.54) is 76.7 Å². The summed E-state index contributed by atoms with van der Waals surface area (Å²) in [6.45, 7) is 5.14. The van der Waals surface area contributed by atoms with E-state index in [9.17, 15) is 9.18 Å². The molecule has 2 aromatic carbocycles. The van der Waals surface area contributed by atoms with Crippen molar-refractivity contribution in [2.75, 3.05) is 6.61 Å². The van der Waals surface area contributed by atoms with Gasteiger partial charge in [-0.3, -0.25) is 0 Å². The van der Waals surface area contributed by atoms with Crippen molar-refractivity contribution in [3.8, 4) is 11.5 Å². The van der Waals surface area contributed by atoms with Gasteiger partial charge in [0.15, 0.2) is 11.6 Å². The van der Waals surface area contributed by atoms with E-state index < -0.39 is 11.8 Å². The van der Waals surface area contributed by atoms with Crippen molar-refractivity contribution >= 4 is 5.97 Å². The molecule has 204 valence electrons. The first kappa shape index (κ1) is 29.2. The maximum Gasteiger partial charge on any atom is 0.343 e. The van der Waals surface area contributed by atoms with Gasteiger partial charge in [-0.15, -0.1) is 0 Å². The quantitative estimate of drug-likeness (QED) is 0.128. The van der Waals surface area contributed by atoms with Crippen LogP contribution < -0.4 is 9.47 Å². The van der Waals surface area contributed by atoms with Gasteiger partial charge >= 0.3 is 5.97 Å². The molecule has 3 nitrogen and oxygen atoms in total. The molecule has 0 bridgehead atoms. The zero-order valence-electron chi connectivity index (χ0n) is 23.1. The van der Waals surface area contributed by atoms with Crippen molar-refractivity contribution in [1.82, 2.24) is 0 Å². The van der Waals surface area contributed by atoms with E-state index in [1.54, 1.807) is 30.3 Å². The molecule has 0 heterocycles. The number of rotatable bonds is 16. The number of aryl methyl sites for hydroxylation is 1. The minimum Gasteiger partial charge on any atom is -0.494 e. The van der Waals surface area contributed by atoms with Crippen molar-refractivity contribution in [1.29, 1.82) is 0 Å². The van der Waals surface area contributed by atoms with Crippen molar-refractivity contribution in [3.63, 3.8) is 0 Å². The van der Waals surface area contributed by atoms with Crippen LogP contribution in [0.3, 0.4) is 0 Å². The second-order valence-electron chi connectivity index (χ2n) is 10.8. The molecule has 1 aliphatic carbocycles. The van der Waals surface area contributed by atoms with Gasteiger partial charge in [0, 0.05) is 0 Å². The summed E-state index contributed by atoms with van der Waals surface area (Å²) in [6, 6.07) is 11.8. The highest BCUT2D eigenvalue weighted by atomic mass is 19.1. The molecule has 0 amide bonds. The molecular weight excluding hydrogens is 463 g/mol. The molecule has 2 aromatic rings. The predicted molar refractivity (Wildman–Crippen MR) is 150 cm³/mol. The fraction of sp³-hybridized carbons (Fsp3) is 0.606. The highest BCUT2D eigenvalue weighted by molar-refractivity contribution is 5.91. The lowest BCUT2D eigenvalue weighted by molar-refractivity contribution is 0.0727. The van der Waals surface area contributed by atoms with E-state index in [0.717, 1.165) is 48.8 Å². The van der Waals surface area contributed by atoms with Crippen LogP contribution in [0.25, 0.3) is 0 Å². The van der Waals surface area contributed by atoms with Gasteiger partial charge in [-0.05, 0) is 79.5 Å². The molecule has 4 heteroatoms. The maximum absolute atomic E-state index is 14.5. The number of esters is 1. The van der Waals surface area contributed by atoms with E-state index >= 15 is 0 Å². The molecule has 0 aromatic heterocycles. The van der Waals surface area contributed by atoms with Gasteiger partial charge in [-0.25, -0.2) is 9.18 Å². The topological polar surface area (TPSA) is 35.5 Å². The van der Waals surface area contributed by atoms with Crippen LogP contribution in [0.15, 0.2) is 42.5 Å². The molecule has 0 spiro atoms. The normalized spacial score (nSPS) is 17.5. The van der Waals surface area contributed by atoms with Gasteiger partial charge in [0.25, 0.3) is 0 Å². The largest absolute Gasteiger partial charge is 0.494 e. The molecule has 1 fully saturated rings. The lowest BCUT2D eigenvalue weighted by atomic mass is 9.74. The zero-order valence-corrected chi connectivity index (χ0v) is 23.1. The van der Waals surface area contributed by atoms with Crippen LogP contribution in [0.4, 0.5) is 4.39 Å². The number of carbonyl (C=O) groups excluding carboxylic acids is 1. The number of halogens is 1. The fourth-order valence-corrected chi connectivity index (χ4v) is 5.62. The summed E-state index contributed by atoms with van der Waals surface area (Å²) in [5.74, 6) is 1.41. The Morgan fingerprint density at radius 3 is 2.19 bits per heavy atom. The van der Waals surface area contributed by atoms with Gasteiger partial charge < -0.3 is 9.47 Å². The Morgan fingerprint density at radius 1 is 0.838 bits per heavy atom. The van der Waals surface area contributed by atoms with Crippen molar-refractivity contribution < 1.29 is 18.7 Å². The van der Waals surface area contributed by atoms with Crippen LogP contribution in [0.1, 0.15) is 120 Å². The molecule has 0 aliphatic heterocycles. The first-order chi connectivity index (χ1) is 18.1. The van der Waals surface area contributed by atoms with E-state index in [1.807, 2.05) is 6.07 Å². The van der Waals surface area contributed by atoms with Gasteiger partial charge in [0.1, 0.15) is 5.75 Å². The van der Waals surface area contributed by atoms with Crippen LogP contribution in [0.2, 0.25) is 0 Å². The highest BCUT2D eigenvalue weighted by Crippen LogP contribution is 2.36. The predicted octanol–water partition coefficient (Wildman–Crippen LogP) is 9.71. The average molecular weight is 511 g/mol. The number of unbranched alkanes of at least 4 members (excludes halogenated alkanes) is 5. The monoisotopic (exact) mass is 510 g/mol. The van der Waals surface area contributed by atoms with E-state index in [0.29, 0.717) is 12.2 Å².